The van der Waals surface area contributed by atoms with Crippen molar-refractivity contribution in [2.45, 2.75) is 13.8 Å². The van der Waals surface area contributed by atoms with Crippen LogP contribution in [-0.4, -0.2) is 21.2 Å². The number of nitrogens with zero attached hydrogens (tertiary/aromatic N) is 2. The van der Waals surface area contributed by atoms with Crippen LogP contribution in [0.25, 0.3) is 10.9 Å². The third-order valence-electron chi connectivity index (χ3n) is 3.23. The lowest BCUT2D eigenvalue weighted by Crippen LogP contribution is -2.21. The van der Waals surface area contributed by atoms with E-state index in [4.69, 9.17) is 16.3 Å². The van der Waals surface area contributed by atoms with Gasteiger partial charge in [-0.1, -0.05) is 11.6 Å². The number of pyridine rings is 1. The summed E-state index contributed by atoms with van der Waals surface area (Å²) in [5.41, 5.74) is -0.886. The first-order chi connectivity index (χ1) is 9.81. The molecule has 0 radical (unpaired) electrons. The normalized spacial score (nSPS) is 10.9. The summed E-state index contributed by atoms with van der Waals surface area (Å²) in [7, 11) is 1.40. The van der Waals surface area contributed by atoms with E-state index in [2.05, 4.69) is 0 Å². The highest BCUT2D eigenvalue weighted by Gasteiger charge is 2.26. The summed E-state index contributed by atoms with van der Waals surface area (Å²) in [5.74, 6) is -0.305. The zero-order chi connectivity index (χ0) is 15.9. The van der Waals surface area contributed by atoms with Gasteiger partial charge in [0.05, 0.1) is 22.1 Å². The van der Waals surface area contributed by atoms with E-state index in [0.717, 1.165) is 4.57 Å². The maximum Gasteiger partial charge on any atom is 0.375 e. The number of ether oxygens (including phenoxy) is 1. The number of nitro groups is 1. The number of aromatic nitrogens is 1. The second-order valence-corrected chi connectivity index (χ2v) is 4.87. The standard InChI is InChI=1S/C13H13ClN2O5/c1-4-21-12-6(2)9-7(5-8(12)14)11(17)10(16(19)20)13(18)15(9)3/h5,17H,4H2,1-3H3. The molecule has 8 heteroatoms. The van der Waals surface area contributed by atoms with E-state index >= 15 is 0 Å². The highest BCUT2D eigenvalue weighted by atomic mass is 35.5. The molecule has 1 N–H and O–H groups in total. The van der Waals surface area contributed by atoms with Crippen LogP contribution in [0.5, 0.6) is 11.5 Å². The Hall–Kier alpha value is -2.28. The van der Waals surface area contributed by atoms with Crippen molar-refractivity contribution in [2.24, 2.45) is 7.05 Å². The molecule has 0 aliphatic heterocycles. The molecule has 0 amide bonds. The van der Waals surface area contributed by atoms with Crippen LogP contribution in [-0.2, 0) is 7.05 Å². The molecule has 1 aromatic carbocycles. The van der Waals surface area contributed by atoms with Crippen molar-refractivity contribution in [1.82, 2.24) is 4.57 Å². The lowest BCUT2D eigenvalue weighted by molar-refractivity contribution is -0.387. The highest BCUT2D eigenvalue weighted by molar-refractivity contribution is 6.33. The van der Waals surface area contributed by atoms with Crippen LogP contribution in [0.1, 0.15) is 12.5 Å². The molecular weight excluding hydrogens is 300 g/mol. The molecule has 1 heterocycles. The van der Waals surface area contributed by atoms with Crippen molar-refractivity contribution in [3.8, 4) is 11.5 Å². The maximum atomic E-state index is 12.0. The molecule has 0 atom stereocenters. The van der Waals surface area contributed by atoms with Gasteiger partial charge in [-0.2, -0.15) is 0 Å². The van der Waals surface area contributed by atoms with E-state index in [9.17, 15) is 20.0 Å². The third-order valence-corrected chi connectivity index (χ3v) is 3.51. The van der Waals surface area contributed by atoms with E-state index in [0.29, 0.717) is 23.4 Å². The Bertz CT molecular complexity index is 813. The molecule has 0 saturated heterocycles. The summed E-state index contributed by atoms with van der Waals surface area (Å²) in [6.45, 7) is 3.83. The minimum absolute atomic E-state index is 0.134. The molecule has 0 fully saturated rings. The van der Waals surface area contributed by atoms with E-state index in [1.807, 2.05) is 0 Å². The monoisotopic (exact) mass is 312 g/mol. The van der Waals surface area contributed by atoms with Crippen LogP contribution in [0.4, 0.5) is 5.69 Å². The minimum atomic E-state index is -0.906. The van der Waals surface area contributed by atoms with E-state index in [1.54, 1.807) is 13.8 Å². The minimum Gasteiger partial charge on any atom is -0.501 e. The Morgan fingerprint density at radius 2 is 2.14 bits per heavy atom. The van der Waals surface area contributed by atoms with Gasteiger partial charge in [0.15, 0.2) is 0 Å². The zero-order valence-electron chi connectivity index (χ0n) is 11.6. The van der Waals surface area contributed by atoms with Crippen molar-refractivity contribution in [2.75, 3.05) is 6.61 Å². The van der Waals surface area contributed by atoms with Gasteiger partial charge in [0.1, 0.15) is 5.75 Å². The fourth-order valence-electron chi connectivity index (χ4n) is 2.34. The molecule has 1 aromatic heterocycles. The average Bonchev–Trinajstić information content (AvgIpc) is 2.40. The van der Waals surface area contributed by atoms with Crippen molar-refractivity contribution < 1.29 is 14.8 Å². The van der Waals surface area contributed by atoms with Crippen LogP contribution in [0.2, 0.25) is 5.02 Å². The van der Waals surface area contributed by atoms with Crippen LogP contribution in [0.3, 0.4) is 0 Å². The van der Waals surface area contributed by atoms with Gasteiger partial charge >= 0.3 is 11.2 Å². The summed E-state index contributed by atoms with van der Waals surface area (Å²) in [6.07, 6.45) is 0. The third kappa shape index (κ3) is 2.19. The molecule has 2 rings (SSSR count). The lowest BCUT2D eigenvalue weighted by Gasteiger charge is -2.15. The van der Waals surface area contributed by atoms with Gasteiger partial charge in [-0.25, -0.2) is 0 Å². The largest absolute Gasteiger partial charge is 0.501 e. The number of hydrogen-bond acceptors (Lipinski definition) is 5. The number of aromatic hydroxyl groups is 1. The van der Waals surface area contributed by atoms with Crippen LogP contribution < -0.4 is 10.3 Å². The molecular formula is C13H13ClN2O5. The van der Waals surface area contributed by atoms with Gasteiger partial charge in [0, 0.05) is 18.0 Å². The first-order valence-electron chi connectivity index (χ1n) is 6.13. The summed E-state index contributed by atoms with van der Waals surface area (Å²) >= 11 is 6.09. The van der Waals surface area contributed by atoms with Crippen molar-refractivity contribution in [3.05, 3.63) is 37.1 Å². The average molecular weight is 313 g/mol. The summed E-state index contributed by atoms with van der Waals surface area (Å²) < 4.78 is 6.54. The molecule has 0 aliphatic carbocycles. The Morgan fingerprint density at radius 3 is 2.67 bits per heavy atom. The summed E-state index contributed by atoms with van der Waals surface area (Å²) in [6, 6.07) is 1.36. The van der Waals surface area contributed by atoms with E-state index in [-0.39, 0.29) is 10.4 Å². The van der Waals surface area contributed by atoms with Gasteiger partial charge in [-0.3, -0.25) is 14.9 Å². The zero-order valence-corrected chi connectivity index (χ0v) is 12.4. The number of aryl methyl sites for hydroxylation is 2. The Morgan fingerprint density at radius 1 is 1.52 bits per heavy atom. The molecule has 7 nitrogen and oxygen atoms in total. The van der Waals surface area contributed by atoms with Crippen molar-refractivity contribution in [1.29, 1.82) is 0 Å². The van der Waals surface area contributed by atoms with Gasteiger partial charge < -0.3 is 14.4 Å². The predicted molar refractivity (Wildman–Crippen MR) is 78.4 cm³/mol. The first kappa shape index (κ1) is 15.1. The highest BCUT2D eigenvalue weighted by Crippen LogP contribution is 2.40. The summed E-state index contributed by atoms with van der Waals surface area (Å²) in [4.78, 5) is 22.1. The Kier molecular flexibility index (Phi) is 3.78. The fraction of sp³-hybridized carbons (Fsp3) is 0.308. The second kappa shape index (κ2) is 5.25. The second-order valence-electron chi connectivity index (χ2n) is 4.46. The SMILES string of the molecule is CCOc1c(Cl)cc2c(O)c([N+](=O)[O-])c(=O)n(C)c2c1C. The van der Waals surface area contributed by atoms with Crippen LogP contribution in [0, 0.1) is 17.0 Å². The van der Waals surface area contributed by atoms with Crippen molar-refractivity contribution in [3.63, 3.8) is 0 Å². The maximum absolute atomic E-state index is 12.0. The Balaban J connectivity index is 3.04. The van der Waals surface area contributed by atoms with Gasteiger partial charge in [-0.05, 0) is 19.9 Å². The molecule has 0 spiro atoms. The fourth-order valence-corrected chi connectivity index (χ4v) is 2.64. The Labute approximate surface area is 124 Å². The molecule has 0 aliphatic rings. The molecule has 112 valence electrons. The lowest BCUT2D eigenvalue weighted by atomic mass is 10.1. The number of rotatable bonds is 3. The van der Waals surface area contributed by atoms with E-state index in [1.165, 1.54) is 13.1 Å². The first-order valence-corrected chi connectivity index (χ1v) is 6.51. The molecule has 0 saturated carbocycles. The van der Waals surface area contributed by atoms with Crippen LogP contribution in [0.15, 0.2) is 10.9 Å². The van der Waals surface area contributed by atoms with Gasteiger partial charge in [-0.15, -0.1) is 0 Å². The number of halogens is 1. The smallest absolute Gasteiger partial charge is 0.375 e. The number of hydrogen-bond donors (Lipinski definition) is 1. The molecule has 0 unspecified atom stereocenters. The van der Waals surface area contributed by atoms with Gasteiger partial charge in [0.25, 0.3) is 0 Å². The molecule has 0 bridgehead atoms. The topological polar surface area (TPSA) is 94.6 Å². The quantitative estimate of drug-likeness (QED) is 0.694. The van der Waals surface area contributed by atoms with Crippen molar-refractivity contribution >= 4 is 28.2 Å². The summed E-state index contributed by atoms with van der Waals surface area (Å²) in [5, 5.41) is 21.3. The predicted octanol–water partition coefficient (Wildman–Crippen LogP) is 2.51. The van der Waals surface area contributed by atoms with Crippen LogP contribution >= 0.6 is 11.6 Å². The molecule has 2 aromatic rings. The van der Waals surface area contributed by atoms with E-state index < -0.39 is 21.9 Å². The number of benzene rings is 1. The van der Waals surface area contributed by atoms with Gasteiger partial charge in [0.2, 0.25) is 5.75 Å². The molecule has 21 heavy (non-hydrogen) atoms. The number of fused-ring (bicyclic) bond motifs is 1.